The van der Waals surface area contributed by atoms with Gasteiger partial charge in [0.25, 0.3) is 5.91 Å². The van der Waals surface area contributed by atoms with Crippen molar-refractivity contribution < 1.29 is 54.0 Å². The Kier molecular flexibility index (Phi) is 13.0. The second-order valence-electron chi connectivity index (χ2n) is 10.2. The van der Waals surface area contributed by atoms with Crippen molar-refractivity contribution >= 4 is 41.9 Å². The summed E-state index contributed by atoms with van der Waals surface area (Å²) in [5.74, 6) is -4.27. The molecule has 2 heterocycles. The number of aromatic hydroxyl groups is 1. The number of ether oxygens (including phenoxy) is 1. The molecule has 0 radical (unpaired) electrons. The van der Waals surface area contributed by atoms with Crippen LogP contribution < -0.4 is 21.4 Å². The number of para-hydroxylation sites is 1. The molecule has 1 aromatic rings. The van der Waals surface area contributed by atoms with Gasteiger partial charge in [-0.15, -0.1) is 0 Å². The molecule has 1 fully saturated rings. The number of carboxylic acids is 1. The van der Waals surface area contributed by atoms with Crippen LogP contribution in [0.1, 0.15) is 37.7 Å². The summed E-state index contributed by atoms with van der Waals surface area (Å²) in [5, 5.41) is 47.0. The Balaban J connectivity index is 1.70. The van der Waals surface area contributed by atoms with Crippen LogP contribution in [0.4, 0.5) is 0 Å². The van der Waals surface area contributed by atoms with Gasteiger partial charge in [0.2, 0.25) is 30.0 Å². The third kappa shape index (κ3) is 9.85. The fourth-order valence-corrected chi connectivity index (χ4v) is 4.60. The number of carboxylic acid groups (broad SMARTS) is 1. The van der Waals surface area contributed by atoms with Gasteiger partial charge in [-0.1, -0.05) is 12.1 Å². The highest BCUT2D eigenvalue weighted by atomic mass is 16.5. The van der Waals surface area contributed by atoms with Gasteiger partial charge in [0.1, 0.15) is 30.5 Å². The minimum atomic E-state index is -1.52. The molecule has 1 aromatic carbocycles. The normalized spacial score (nSPS) is 18.9. The van der Waals surface area contributed by atoms with Crippen molar-refractivity contribution in [3.63, 3.8) is 0 Å². The van der Waals surface area contributed by atoms with E-state index in [1.807, 2.05) is 0 Å². The lowest BCUT2D eigenvalue weighted by Crippen LogP contribution is -2.64. The van der Waals surface area contributed by atoms with Crippen molar-refractivity contribution in [3.05, 3.63) is 29.8 Å². The number of aliphatic imine (C=N–C) groups is 1. The number of phenols is 1. The van der Waals surface area contributed by atoms with Gasteiger partial charge >= 0.3 is 5.97 Å². The fourth-order valence-electron chi connectivity index (χ4n) is 4.60. The van der Waals surface area contributed by atoms with Crippen LogP contribution >= 0.6 is 0 Å². The smallest absolute Gasteiger partial charge is 0.305 e. The Hall–Kier alpha value is -4.81. The Bertz CT molecular complexity index is 1280. The molecular weight excluding hydrogens is 598 g/mol. The van der Waals surface area contributed by atoms with Crippen molar-refractivity contribution in [1.82, 2.24) is 31.4 Å². The summed E-state index contributed by atoms with van der Waals surface area (Å²) in [6.45, 7) is -1.07. The van der Waals surface area contributed by atoms with Crippen LogP contribution in [0.25, 0.3) is 0 Å². The van der Waals surface area contributed by atoms with Crippen LogP contribution in [0.2, 0.25) is 0 Å². The highest BCUT2D eigenvalue weighted by molar-refractivity contribution is 6.01. The zero-order valence-corrected chi connectivity index (χ0v) is 24.3. The third-order valence-electron chi connectivity index (χ3n) is 6.95. The maximum Gasteiger partial charge on any atom is 0.305 e. The average molecular weight is 636 g/mol. The van der Waals surface area contributed by atoms with E-state index in [-0.39, 0.29) is 69.0 Å². The van der Waals surface area contributed by atoms with Crippen LogP contribution in [0.15, 0.2) is 29.3 Å². The number of aliphatic hydroxyl groups is 1. The molecule has 0 aliphatic carbocycles. The number of hydrazine groups is 1. The van der Waals surface area contributed by atoms with Gasteiger partial charge in [0, 0.05) is 19.6 Å². The van der Waals surface area contributed by atoms with E-state index in [1.165, 1.54) is 6.07 Å². The first-order chi connectivity index (χ1) is 21.5. The van der Waals surface area contributed by atoms with Crippen molar-refractivity contribution in [3.8, 4) is 5.75 Å². The zero-order chi connectivity index (χ0) is 32.9. The molecule has 3 rings (SSSR count). The van der Waals surface area contributed by atoms with Gasteiger partial charge in [0.05, 0.1) is 18.6 Å². The van der Waals surface area contributed by atoms with E-state index in [4.69, 9.17) is 9.84 Å². The van der Waals surface area contributed by atoms with Gasteiger partial charge in [0.15, 0.2) is 6.04 Å². The molecule has 0 aromatic heterocycles. The SMILES string of the molecule is O=CN(O)CCC[C@@H](NC(=O)[C@H](CO)NC(=O)[C@@H]1COC(c2ccccc2O)=N1)C(=O)N1NCCC[C@@H]1C(=O)NCCC(=O)O. The lowest BCUT2D eigenvalue weighted by atomic mass is 10.0. The predicted molar refractivity (Wildman–Crippen MR) is 152 cm³/mol. The first-order valence-corrected chi connectivity index (χ1v) is 14.2. The van der Waals surface area contributed by atoms with Gasteiger partial charge in [-0.25, -0.2) is 15.5 Å². The molecule has 0 unspecified atom stereocenters. The Morgan fingerprint density at radius 2 is 1.91 bits per heavy atom. The van der Waals surface area contributed by atoms with Crippen LogP contribution in [0.5, 0.6) is 5.75 Å². The third-order valence-corrected chi connectivity index (χ3v) is 6.95. The largest absolute Gasteiger partial charge is 0.507 e. The Morgan fingerprint density at radius 1 is 1.16 bits per heavy atom. The molecule has 246 valence electrons. The number of hydroxylamine groups is 2. The number of hydrogen-bond donors (Lipinski definition) is 8. The lowest BCUT2D eigenvalue weighted by Gasteiger charge is -2.37. The number of amides is 5. The maximum absolute atomic E-state index is 13.6. The standard InChI is InChI=1S/C27H37N7O11/c35-13-18(31-24(41)19-14-45-26(32-19)16-5-1-2-8-21(16)37)23(40)30-17(6-4-12-33(44)15-36)27(43)34-20(7-3-10-29-34)25(42)28-11-9-22(38)39/h1-2,5,8,15,17-20,29,35,37,44H,3-4,6-7,9-14H2,(H,28,42)(H,30,40)(H,31,41)(H,38,39)/t17-,18+,19+,20-/m1/s1. The van der Waals surface area contributed by atoms with Gasteiger partial charge in [-0.05, 0) is 37.8 Å². The molecule has 8 N–H and O–H groups in total. The first-order valence-electron chi connectivity index (χ1n) is 14.2. The molecule has 18 heteroatoms. The number of aliphatic carboxylic acids is 1. The van der Waals surface area contributed by atoms with Crippen molar-refractivity contribution in [2.24, 2.45) is 4.99 Å². The monoisotopic (exact) mass is 635 g/mol. The fraction of sp³-hybridized carbons (Fsp3) is 0.519. The molecule has 5 amide bonds. The highest BCUT2D eigenvalue weighted by Crippen LogP contribution is 2.21. The molecule has 0 saturated carbocycles. The molecular formula is C27H37N7O11. The average Bonchev–Trinajstić information content (AvgIpc) is 3.52. The summed E-state index contributed by atoms with van der Waals surface area (Å²) in [6, 6.07) is 1.22. The predicted octanol–water partition coefficient (Wildman–Crippen LogP) is -2.79. The van der Waals surface area contributed by atoms with Gasteiger partial charge < -0.3 is 36.0 Å². The van der Waals surface area contributed by atoms with Crippen molar-refractivity contribution in [1.29, 1.82) is 0 Å². The van der Waals surface area contributed by atoms with Crippen molar-refractivity contribution in [2.75, 3.05) is 32.8 Å². The summed E-state index contributed by atoms with van der Waals surface area (Å²) in [5.41, 5.74) is 3.09. The summed E-state index contributed by atoms with van der Waals surface area (Å²) in [6.07, 6.45) is 0.530. The molecule has 0 spiro atoms. The number of benzene rings is 1. The van der Waals surface area contributed by atoms with E-state index in [2.05, 4.69) is 26.4 Å². The summed E-state index contributed by atoms with van der Waals surface area (Å²) >= 11 is 0. The van der Waals surface area contributed by atoms with Gasteiger partial charge in [-0.2, -0.15) is 0 Å². The molecule has 18 nitrogen and oxygen atoms in total. The second-order valence-corrected chi connectivity index (χ2v) is 10.2. The number of hydrogen-bond acceptors (Lipinski definition) is 12. The minimum absolute atomic E-state index is 0.0211. The molecule has 4 atom stereocenters. The van der Waals surface area contributed by atoms with E-state index in [9.17, 15) is 44.2 Å². The minimum Gasteiger partial charge on any atom is -0.507 e. The number of aliphatic hydroxyl groups excluding tert-OH is 1. The molecule has 45 heavy (non-hydrogen) atoms. The number of nitrogens with zero attached hydrogens (tertiary/aromatic N) is 3. The van der Waals surface area contributed by atoms with E-state index in [0.717, 1.165) is 5.01 Å². The summed E-state index contributed by atoms with van der Waals surface area (Å²) < 4.78 is 5.43. The first kappa shape index (κ1) is 34.7. The number of rotatable bonds is 16. The van der Waals surface area contributed by atoms with E-state index in [0.29, 0.717) is 18.0 Å². The Morgan fingerprint density at radius 3 is 2.60 bits per heavy atom. The molecule has 2 aliphatic heterocycles. The van der Waals surface area contributed by atoms with Gasteiger partial charge in [-0.3, -0.25) is 39.0 Å². The van der Waals surface area contributed by atoms with Crippen LogP contribution in [0, 0.1) is 0 Å². The number of phenolic OH excluding ortho intramolecular Hbond substituents is 1. The zero-order valence-electron chi connectivity index (χ0n) is 24.3. The molecule has 1 saturated heterocycles. The van der Waals surface area contributed by atoms with Crippen LogP contribution in [-0.4, -0.2) is 130 Å². The van der Waals surface area contributed by atoms with Crippen LogP contribution in [0.3, 0.4) is 0 Å². The Labute approximate surface area is 257 Å². The lowest BCUT2D eigenvalue weighted by molar-refractivity contribution is -0.151. The van der Waals surface area contributed by atoms with E-state index < -0.39 is 60.4 Å². The highest BCUT2D eigenvalue weighted by Gasteiger charge is 2.38. The van der Waals surface area contributed by atoms with Crippen LogP contribution in [-0.2, 0) is 33.5 Å². The van der Waals surface area contributed by atoms with Crippen molar-refractivity contribution in [2.45, 2.75) is 56.3 Å². The molecule has 0 bridgehead atoms. The summed E-state index contributed by atoms with van der Waals surface area (Å²) in [4.78, 5) is 78.3. The number of nitrogens with one attached hydrogen (secondary N) is 4. The number of carbonyl (C=O) groups excluding carboxylic acids is 5. The summed E-state index contributed by atoms with van der Waals surface area (Å²) in [7, 11) is 0. The quantitative estimate of drug-likeness (QED) is 0.0521. The second kappa shape index (κ2) is 16.9. The number of carbonyl (C=O) groups is 6. The van der Waals surface area contributed by atoms with E-state index in [1.54, 1.807) is 18.2 Å². The maximum atomic E-state index is 13.6. The van der Waals surface area contributed by atoms with E-state index >= 15 is 0 Å². The topological polar surface area (TPSA) is 260 Å². The molecule has 2 aliphatic rings.